The average Bonchev–Trinajstić information content (AvgIpc) is 2.83. The van der Waals surface area contributed by atoms with Crippen LogP contribution >= 0.6 is 27.3 Å². The maximum Gasteiger partial charge on any atom is 0.271 e. The minimum absolute atomic E-state index is 0.0303. The molecule has 1 aromatic heterocycles. The molecule has 0 fully saturated rings. The van der Waals surface area contributed by atoms with E-state index in [4.69, 9.17) is 0 Å². The highest BCUT2D eigenvalue weighted by atomic mass is 79.9. The zero-order chi connectivity index (χ0) is 12.3. The lowest BCUT2D eigenvalue weighted by atomic mass is 10.1. The second kappa shape index (κ2) is 5.42. The van der Waals surface area contributed by atoms with Gasteiger partial charge in [0.05, 0.1) is 11.6 Å². The lowest BCUT2D eigenvalue weighted by molar-refractivity contribution is 0.0935. The Morgan fingerprint density at radius 3 is 2.71 bits per heavy atom. The van der Waals surface area contributed by atoms with E-state index in [1.165, 1.54) is 11.3 Å². The molecule has 0 bridgehead atoms. The molecule has 0 aliphatic carbocycles. The Morgan fingerprint density at radius 2 is 2.12 bits per heavy atom. The summed E-state index contributed by atoms with van der Waals surface area (Å²) in [4.78, 5) is 15.8. The first-order chi connectivity index (χ1) is 8.16. The molecule has 0 aliphatic rings. The highest BCUT2D eigenvalue weighted by molar-refractivity contribution is 9.10. The number of hydrogen-bond donors (Lipinski definition) is 1. The molecular formula is C12H11BrN2OS. The number of amides is 1. The number of nitrogens with one attached hydrogen (secondary N) is 1. The van der Waals surface area contributed by atoms with Gasteiger partial charge >= 0.3 is 0 Å². The standard InChI is InChI=1S/C12H11BrN2OS/c1-8(9-2-4-10(13)5-3-9)15-12(16)11-6-17-7-14-11/h2-8H,1H3,(H,15,16)/t8-/m1/s1. The molecule has 2 rings (SSSR count). The number of benzene rings is 1. The van der Waals surface area contributed by atoms with Gasteiger partial charge in [0.2, 0.25) is 0 Å². The fourth-order valence-corrected chi connectivity index (χ4v) is 2.23. The summed E-state index contributed by atoms with van der Waals surface area (Å²) in [6.45, 7) is 1.95. The van der Waals surface area contributed by atoms with Crippen LogP contribution in [0.3, 0.4) is 0 Å². The third-order valence-electron chi connectivity index (χ3n) is 2.38. The molecule has 0 unspecified atom stereocenters. The average molecular weight is 311 g/mol. The van der Waals surface area contributed by atoms with Crippen LogP contribution in [0.25, 0.3) is 0 Å². The van der Waals surface area contributed by atoms with Crippen molar-refractivity contribution in [3.63, 3.8) is 0 Å². The predicted molar refractivity (Wildman–Crippen MR) is 72.1 cm³/mol. The molecule has 2 aromatic rings. The first-order valence-electron chi connectivity index (χ1n) is 5.11. The van der Waals surface area contributed by atoms with Gasteiger partial charge < -0.3 is 5.32 Å². The maximum absolute atomic E-state index is 11.8. The van der Waals surface area contributed by atoms with Crippen molar-refractivity contribution in [2.45, 2.75) is 13.0 Å². The van der Waals surface area contributed by atoms with Crippen LogP contribution in [0.15, 0.2) is 39.6 Å². The van der Waals surface area contributed by atoms with E-state index < -0.39 is 0 Å². The molecule has 0 radical (unpaired) electrons. The van der Waals surface area contributed by atoms with Crippen molar-refractivity contribution >= 4 is 33.2 Å². The number of nitrogens with zero attached hydrogens (tertiary/aromatic N) is 1. The van der Waals surface area contributed by atoms with Crippen LogP contribution < -0.4 is 5.32 Å². The van der Waals surface area contributed by atoms with E-state index in [9.17, 15) is 4.79 Å². The highest BCUT2D eigenvalue weighted by Gasteiger charge is 2.12. The summed E-state index contributed by atoms with van der Waals surface area (Å²) in [6.07, 6.45) is 0. The molecule has 0 saturated carbocycles. The number of rotatable bonds is 3. The number of thiazole rings is 1. The van der Waals surface area contributed by atoms with Gasteiger partial charge in [-0.3, -0.25) is 4.79 Å². The number of hydrogen-bond acceptors (Lipinski definition) is 3. The van der Waals surface area contributed by atoms with E-state index in [0.717, 1.165) is 10.0 Å². The van der Waals surface area contributed by atoms with Gasteiger partial charge in [0.1, 0.15) is 5.69 Å². The molecule has 0 spiro atoms. The van der Waals surface area contributed by atoms with E-state index >= 15 is 0 Å². The molecule has 5 heteroatoms. The van der Waals surface area contributed by atoms with Crippen LogP contribution in [0, 0.1) is 0 Å². The van der Waals surface area contributed by atoms with E-state index in [1.54, 1.807) is 10.9 Å². The molecular weight excluding hydrogens is 300 g/mol. The summed E-state index contributed by atoms with van der Waals surface area (Å²) >= 11 is 4.80. The normalized spacial score (nSPS) is 12.1. The number of halogens is 1. The fourth-order valence-electron chi connectivity index (χ4n) is 1.43. The quantitative estimate of drug-likeness (QED) is 0.944. The second-order valence-electron chi connectivity index (χ2n) is 3.62. The molecule has 1 N–H and O–H groups in total. The van der Waals surface area contributed by atoms with Crippen LogP contribution in [0.4, 0.5) is 0 Å². The van der Waals surface area contributed by atoms with E-state index in [0.29, 0.717) is 5.69 Å². The van der Waals surface area contributed by atoms with Gasteiger partial charge in [-0.05, 0) is 24.6 Å². The van der Waals surface area contributed by atoms with Crippen molar-refractivity contribution in [1.82, 2.24) is 10.3 Å². The summed E-state index contributed by atoms with van der Waals surface area (Å²) < 4.78 is 1.03. The summed E-state index contributed by atoms with van der Waals surface area (Å²) in [5.41, 5.74) is 3.19. The zero-order valence-electron chi connectivity index (χ0n) is 9.18. The number of carbonyl (C=O) groups is 1. The molecule has 0 saturated heterocycles. The molecule has 1 atom stereocenters. The van der Waals surface area contributed by atoms with E-state index in [2.05, 4.69) is 26.2 Å². The summed E-state index contributed by atoms with van der Waals surface area (Å²) in [5, 5.41) is 4.65. The Bertz CT molecular complexity index is 496. The second-order valence-corrected chi connectivity index (χ2v) is 5.25. The third kappa shape index (κ3) is 3.14. The number of carbonyl (C=O) groups excluding carboxylic acids is 1. The van der Waals surface area contributed by atoms with Crippen molar-refractivity contribution in [1.29, 1.82) is 0 Å². The van der Waals surface area contributed by atoms with Crippen molar-refractivity contribution < 1.29 is 4.79 Å². The summed E-state index contributed by atoms with van der Waals surface area (Å²) in [7, 11) is 0. The van der Waals surface area contributed by atoms with Crippen LogP contribution in [0.1, 0.15) is 29.0 Å². The van der Waals surface area contributed by atoms with Crippen LogP contribution in [-0.4, -0.2) is 10.9 Å². The monoisotopic (exact) mass is 310 g/mol. The topological polar surface area (TPSA) is 42.0 Å². The van der Waals surface area contributed by atoms with Crippen molar-refractivity contribution in [2.24, 2.45) is 0 Å². The summed E-state index contributed by atoms with van der Waals surface area (Å²) in [5.74, 6) is -0.137. The van der Waals surface area contributed by atoms with Gasteiger partial charge in [0, 0.05) is 9.85 Å². The van der Waals surface area contributed by atoms with Gasteiger partial charge in [-0.15, -0.1) is 11.3 Å². The van der Waals surface area contributed by atoms with Crippen molar-refractivity contribution in [3.8, 4) is 0 Å². The molecule has 0 aliphatic heterocycles. The third-order valence-corrected chi connectivity index (χ3v) is 3.50. The largest absolute Gasteiger partial charge is 0.344 e. The van der Waals surface area contributed by atoms with E-state index in [1.807, 2.05) is 31.2 Å². The van der Waals surface area contributed by atoms with Crippen LogP contribution in [-0.2, 0) is 0 Å². The van der Waals surface area contributed by atoms with Crippen molar-refractivity contribution in [3.05, 3.63) is 50.9 Å². The predicted octanol–water partition coefficient (Wildman–Crippen LogP) is 3.40. The first-order valence-corrected chi connectivity index (χ1v) is 6.85. The minimum Gasteiger partial charge on any atom is -0.344 e. The van der Waals surface area contributed by atoms with Crippen LogP contribution in [0.5, 0.6) is 0 Å². The Morgan fingerprint density at radius 1 is 1.41 bits per heavy atom. The Balaban J connectivity index is 2.04. The molecule has 1 aromatic carbocycles. The SMILES string of the molecule is C[C@@H](NC(=O)c1cscn1)c1ccc(Br)cc1. The number of aromatic nitrogens is 1. The molecule has 1 heterocycles. The Kier molecular flexibility index (Phi) is 3.91. The smallest absolute Gasteiger partial charge is 0.271 e. The lowest BCUT2D eigenvalue weighted by Gasteiger charge is -2.13. The Labute approximate surface area is 112 Å². The molecule has 17 heavy (non-hydrogen) atoms. The van der Waals surface area contributed by atoms with Gasteiger partial charge in [0.15, 0.2) is 0 Å². The minimum atomic E-state index is -0.137. The van der Waals surface area contributed by atoms with E-state index in [-0.39, 0.29) is 11.9 Å². The van der Waals surface area contributed by atoms with Crippen molar-refractivity contribution in [2.75, 3.05) is 0 Å². The molecule has 88 valence electrons. The Hall–Kier alpha value is -1.20. The highest BCUT2D eigenvalue weighted by Crippen LogP contribution is 2.16. The van der Waals surface area contributed by atoms with Gasteiger partial charge in [-0.1, -0.05) is 28.1 Å². The summed E-state index contributed by atoms with van der Waals surface area (Å²) in [6, 6.07) is 7.85. The lowest BCUT2D eigenvalue weighted by Crippen LogP contribution is -2.26. The fraction of sp³-hybridized carbons (Fsp3) is 0.167. The van der Waals surface area contributed by atoms with Crippen LogP contribution in [0.2, 0.25) is 0 Å². The maximum atomic E-state index is 11.8. The van der Waals surface area contributed by atoms with Gasteiger partial charge in [-0.2, -0.15) is 0 Å². The molecule has 1 amide bonds. The zero-order valence-corrected chi connectivity index (χ0v) is 11.6. The van der Waals surface area contributed by atoms with Gasteiger partial charge in [-0.25, -0.2) is 4.98 Å². The molecule has 3 nitrogen and oxygen atoms in total. The van der Waals surface area contributed by atoms with Gasteiger partial charge in [0.25, 0.3) is 5.91 Å². The first kappa shape index (κ1) is 12.3.